The van der Waals surface area contributed by atoms with Gasteiger partial charge in [-0.2, -0.15) is 0 Å². The first-order valence-electron chi connectivity index (χ1n) is 5.80. The van der Waals surface area contributed by atoms with E-state index < -0.39 is 0 Å². The van der Waals surface area contributed by atoms with E-state index in [1.165, 1.54) is 12.8 Å². The van der Waals surface area contributed by atoms with Gasteiger partial charge >= 0.3 is 5.97 Å². The first-order chi connectivity index (χ1) is 7.31. The minimum absolute atomic E-state index is 0.180. The molecule has 15 heavy (non-hydrogen) atoms. The maximum Gasteiger partial charge on any atom is 0.335 e. The van der Waals surface area contributed by atoms with E-state index in [0.717, 1.165) is 12.8 Å². The third-order valence-electron chi connectivity index (χ3n) is 3.30. The first kappa shape index (κ1) is 10.9. The van der Waals surface area contributed by atoms with Gasteiger partial charge in [0.15, 0.2) is 6.10 Å². The van der Waals surface area contributed by atoms with Crippen LogP contribution in [0.5, 0.6) is 0 Å². The van der Waals surface area contributed by atoms with E-state index in [1.54, 1.807) is 0 Å². The van der Waals surface area contributed by atoms with Crippen LogP contribution in [0.15, 0.2) is 0 Å². The van der Waals surface area contributed by atoms with Crippen LogP contribution in [0.2, 0.25) is 0 Å². The molecule has 4 nitrogen and oxygen atoms in total. The molecule has 0 radical (unpaired) electrons. The van der Waals surface area contributed by atoms with Crippen LogP contribution in [-0.4, -0.2) is 37.9 Å². The van der Waals surface area contributed by atoms with Crippen LogP contribution >= 0.6 is 0 Å². The smallest absolute Gasteiger partial charge is 0.335 e. The van der Waals surface area contributed by atoms with Crippen LogP contribution in [0.1, 0.15) is 32.1 Å². The lowest BCUT2D eigenvalue weighted by atomic mass is 9.92. The SMILES string of the molecule is CNC1CCCCC1OC1CCOC1=O. The fourth-order valence-corrected chi connectivity index (χ4v) is 2.40. The van der Waals surface area contributed by atoms with Crippen molar-refractivity contribution in [3.63, 3.8) is 0 Å². The molecule has 0 aromatic rings. The second-order valence-electron chi connectivity index (χ2n) is 4.30. The molecule has 1 heterocycles. The Morgan fingerprint density at radius 1 is 1.33 bits per heavy atom. The van der Waals surface area contributed by atoms with Crippen molar-refractivity contribution < 1.29 is 14.3 Å². The van der Waals surface area contributed by atoms with Crippen molar-refractivity contribution >= 4 is 5.97 Å². The standard InChI is InChI=1S/C11H19NO3/c1-12-8-4-2-3-5-9(8)15-10-6-7-14-11(10)13/h8-10,12H,2-7H2,1H3. The summed E-state index contributed by atoms with van der Waals surface area (Å²) in [5.41, 5.74) is 0. The highest BCUT2D eigenvalue weighted by atomic mass is 16.6. The molecule has 1 N–H and O–H groups in total. The topological polar surface area (TPSA) is 47.6 Å². The number of hydrogen-bond acceptors (Lipinski definition) is 4. The molecular formula is C11H19NO3. The summed E-state index contributed by atoms with van der Waals surface area (Å²) in [4.78, 5) is 11.3. The lowest BCUT2D eigenvalue weighted by Crippen LogP contribution is -2.44. The van der Waals surface area contributed by atoms with E-state index in [2.05, 4.69) is 5.32 Å². The van der Waals surface area contributed by atoms with Gasteiger partial charge in [0, 0.05) is 12.5 Å². The van der Waals surface area contributed by atoms with E-state index in [9.17, 15) is 4.79 Å². The zero-order chi connectivity index (χ0) is 10.7. The predicted molar refractivity (Wildman–Crippen MR) is 55.6 cm³/mol. The largest absolute Gasteiger partial charge is 0.464 e. The summed E-state index contributed by atoms with van der Waals surface area (Å²) in [6, 6.07) is 0.396. The minimum atomic E-state index is -0.316. The molecule has 0 bridgehead atoms. The molecule has 0 aromatic heterocycles. The van der Waals surface area contributed by atoms with Crippen molar-refractivity contribution in [1.82, 2.24) is 5.32 Å². The summed E-state index contributed by atoms with van der Waals surface area (Å²) in [7, 11) is 1.96. The average molecular weight is 213 g/mol. The van der Waals surface area contributed by atoms with Crippen molar-refractivity contribution in [2.75, 3.05) is 13.7 Å². The summed E-state index contributed by atoms with van der Waals surface area (Å²) in [6.07, 6.45) is 5.22. The fourth-order valence-electron chi connectivity index (χ4n) is 2.40. The van der Waals surface area contributed by atoms with E-state index in [-0.39, 0.29) is 18.2 Å². The molecule has 2 aliphatic rings. The Balaban J connectivity index is 1.88. The van der Waals surface area contributed by atoms with Gasteiger partial charge < -0.3 is 14.8 Å². The van der Waals surface area contributed by atoms with Gasteiger partial charge in [0.1, 0.15) is 0 Å². The predicted octanol–water partition coefficient (Wildman–Crippen LogP) is 0.849. The van der Waals surface area contributed by atoms with Crippen LogP contribution in [0, 0.1) is 0 Å². The van der Waals surface area contributed by atoms with Gasteiger partial charge in [-0.05, 0) is 19.9 Å². The molecule has 0 aromatic carbocycles. The van der Waals surface area contributed by atoms with Crippen molar-refractivity contribution in [2.24, 2.45) is 0 Å². The van der Waals surface area contributed by atoms with E-state index in [1.807, 2.05) is 7.05 Å². The van der Waals surface area contributed by atoms with E-state index >= 15 is 0 Å². The maximum absolute atomic E-state index is 11.3. The first-order valence-corrected chi connectivity index (χ1v) is 5.80. The summed E-state index contributed by atoms with van der Waals surface area (Å²) in [5.74, 6) is -0.185. The number of ether oxygens (including phenoxy) is 2. The van der Waals surface area contributed by atoms with Crippen LogP contribution in [0.25, 0.3) is 0 Å². The number of likely N-dealkylation sites (N-methyl/N-ethyl adjacent to an activating group) is 1. The highest BCUT2D eigenvalue weighted by Crippen LogP contribution is 2.24. The van der Waals surface area contributed by atoms with Gasteiger partial charge in [-0.1, -0.05) is 12.8 Å². The number of carbonyl (C=O) groups excluding carboxylic acids is 1. The highest BCUT2D eigenvalue weighted by Gasteiger charge is 2.33. The Hall–Kier alpha value is -0.610. The molecule has 2 rings (SSSR count). The molecule has 4 heteroatoms. The van der Waals surface area contributed by atoms with Crippen LogP contribution in [0.4, 0.5) is 0 Å². The molecule has 1 saturated carbocycles. The second-order valence-corrected chi connectivity index (χ2v) is 4.30. The lowest BCUT2D eigenvalue weighted by molar-refractivity contribution is -0.151. The number of esters is 1. The summed E-state index contributed by atoms with van der Waals surface area (Å²) < 4.78 is 10.7. The summed E-state index contributed by atoms with van der Waals surface area (Å²) in [5, 5.41) is 3.27. The Labute approximate surface area is 90.3 Å². The van der Waals surface area contributed by atoms with Crippen LogP contribution < -0.4 is 5.32 Å². The molecule has 2 fully saturated rings. The van der Waals surface area contributed by atoms with Gasteiger partial charge in [0.05, 0.1) is 12.7 Å². The zero-order valence-electron chi connectivity index (χ0n) is 9.20. The average Bonchev–Trinajstić information content (AvgIpc) is 2.65. The second kappa shape index (κ2) is 4.94. The molecule has 86 valence electrons. The van der Waals surface area contributed by atoms with Crippen LogP contribution in [0.3, 0.4) is 0 Å². The molecule has 3 atom stereocenters. The molecule has 1 aliphatic carbocycles. The zero-order valence-corrected chi connectivity index (χ0v) is 9.20. The van der Waals surface area contributed by atoms with Gasteiger partial charge in [-0.25, -0.2) is 4.79 Å². The van der Waals surface area contributed by atoms with Crippen molar-refractivity contribution in [3.05, 3.63) is 0 Å². The fraction of sp³-hybridized carbons (Fsp3) is 0.909. The Kier molecular flexibility index (Phi) is 3.59. The Morgan fingerprint density at radius 3 is 2.80 bits per heavy atom. The lowest BCUT2D eigenvalue weighted by Gasteiger charge is -2.32. The van der Waals surface area contributed by atoms with E-state index in [0.29, 0.717) is 19.1 Å². The van der Waals surface area contributed by atoms with Gasteiger partial charge in [0.2, 0.25) is 0 Å². The number of rotatable bonds is 3. The Bertz CT molecular complexity index is 232. The van der Waals surface area contributed by atoms with Gasteiger partial charge in [-0.3, -0.25) is 0 Å². The number of hydrogen-bond donors (Lipinski definition) is 1. The number of carbonyl (C=O) groups is 1. The molecule has 3 unspecified atom stereocenters. The molecule has 1 aliphatic heterocycles. The summed E-state index contributed by atoms with van der Waals surface area (Å²) >= 11 is 0. The third kappa shape index (κ3) is 2.49. The number of nitrogens with one attached hydrogen (secondary N) is 1. The van der Waals surface area contributed by atoms with Crippen LogP contribution in [-0.2, 0) is 14.3 Å². The maximum atomic E-state index is 11.3. The number of cyclic esters (lactones) is 1. The molecule has 0 amide bonds. The van der Waals surface area contributed by atoms with Crippen molar-refractivity contribution in [3.8, 4) is 0 Å². The molecule has 1 saturated heterocycles. The Morgan fingerprint density at radius 2 is 2.13 bits per heavy atom. The molecule has 0 spiro atoms. The quantitative estimate of drug-likeness (QED) is 0.706. The summed E-state index contributed by atoms with van der Waals surface area (Å²) in [6.45, 7) is 0.514. The molecular weight excluding hydrogens is 194 g/mol. The highest BCUT2D eigenvalue weighted by molar-refractivity contribution is 5.76. The van der Waals surface area contributed by atoms with Crippen molar-refractivity contribution in [1.29, 1.82) is 0 Å². The van der Waals surface area contributed by atoms with Gasteiger partial charge in [-0.15, -0.1) is 0 Å². The van der Waals surface area contributed by atoms with Gasteiger partial charge in [0.25, 0.3) is 0 Å². The van der Waals surface area contributed by atoms with E-state index in [4.69, 9.17) is 9.47 Å². The monoisotopic (exact) mass is 213 g/mol. The normalized spacial score (nSPS) is 36.6. The van der Waals surface area contributed by atoms with Crippen molar-refractivity contribution in [2.45, 2.75) is 50.4 Å². The third-order valence-corrected chi connectivity index (χ3v) is 3.30. The minimum Gasteiger partial charge on any atom is -0.464 e.